The average Bonchev–Trinajstić information content (AvgIpc) is 2.39. The Morgan fingerprint density at radius 3 is 2.70 bits per heavy atom. The van der Waals surface area contributed by atoms with Crippen LogP contribution in [-0.4, -0.2) is 12.4 Å². The van der Waals surface area contributed by atoms with E-state index in [1.54, 1.807) is 13.0 Å². The van der Waals surface area contributed by atoms with E-state index in [1.165, 1.54) is 6.07 Å². The van der Waals surface area contributed by atoms with E-state index < -0.39 is 0 Å². The maximum atomic E-state index is 14.2. The summed E-state index contributed by atoms with van der Waals surface area (Å²) in [6, 6.07) is 3.17. The zero-order chi connectivity index (χ0) is 15.0. The summed E-state index contributed by atoms with van der Waals surface area (Å²) in [5.41, 5.74) is 0.589. The minimum atomic E-state index is -0.311. The van der Waals surface area contributed by atoms with E-state index in [0.717, 1.165) is 25.7 Å². The SMILES string of the molecule is CCCOc1cc(Cl)cc(CCCCCC(C)=O)c1F. The first-order chi connectivity index (χ1) is 9.54. The first-order valence-corrected chi connectivity index (χ1v) is 7.52. The minimum absolute atomic E-state index is 0.203. The smallest absolute Gasteiger partial charge is 0.168 e. The molecule has 0 fully saturated rings. The average molecular weight is 301 g/mol. The Kier molecular flexibility index (Phi) is 7.60. The third kappa shape index (κ3) is 5.91. The number of ether oxygens (including phenoxy) is 1. The van der Waals surface area contributed by atoms with Crippen LogP contribution in [0.25, 0.3) is 0 Å². The van der Waals surface area contributed by atoms with Crippen molar-refractivity contribution in [1.82, 2.24) is 0 Å². The van der Waals surface area contributed by atoms with E-state index >= 15 is 0 Å². The molecule has 0 spiro atoms. The highest BCUT2D eigenvalue weighted by Crippen LogP contribution is 2.27. The van der Waals surface area contributed by atoms with E-state index in [0.29, 0.717) is 30.0 Å². The number of ketones is 1. The van der Waals surface area contributed by atoms with Crippen LogP contribution in [0.2, 0.25) is 5.02 Å². The molecule has 0 aliphatic rings. The first-order valence-electron chi connectivity index (χ1n) is 7.14. The van der Waals surface area contributed by atoms with Gasteiger partial charge in [-0.2, -0.15) is 0 Å². The molecule has 0 N–H and O–H groups in total. The number of halogens is 2. The molecule has 0 unspecified atom stereocenters. The van der Waals surface area contributed by atoms with E-state index in [2.05, 4.69) is 0 Å². The topological polar surface area (TPSA) is 26.3 Å². The zero-order valence-corrected chi connectivity index (χ0v) is 12.9. The Balaban J connectivity index is 2.56. The predicted octanol–water partition coefficient (Wildman–Crippen LogP) is 4.96. The molecule has 0 saturated carbocycles. The summed E-state index contributed by atoms with van der Waals surface area (Å²) in [4.78, 5) is 10.8. The number of hydrogen-bond donors (Lipinski definition) is 0. The minimum Gasteiger partial charge on any atom is -0.490 e. The Morgan fingerprint density at radius 2 is 2.05 bits per heavy atom. The van der Waals surface area contributed by atoms with E-state index in [4.69, 9.17) is 16.3 Å². The Morgan fingerprint density at radius 1 is 1.30 bits per heavy atom. The molecule has 0 heterocycles. The van der Waals surface area contributed by atoms with Gasteiger partial charge in [0, 0.05) is 17.5 Å². The lowest BCUT2D eigenvalue weighted by Crippen LogP contribution is -2.01. The number of carbonyl (C=O) groups is 1. The maximum absolute atomic E-state index is 14.2. The molecule has 1 aromatic rings. The summed E-state index contributed by atoms with van der Waals surface area (Å²) in [6.45, 7) is 4.04. The van der Waals surface area contributed by atoms with Gasteiger partial charge in [0.05, 0.1) is 6.61 Å². The number of hydrogen-bond acceptors (Lipinski definition) is 2. The highest BCUT2D eigenvalue weighted by Gasteiger charge is 2.11. The number of aryl methyl sites for hydroxylation is 1. The van der Waals surface area contributed by atoms with Gasteiger partial charge in [-0.3, -0.25) is 0 Å². The third-order valence-corrected chi connectivity index (χ3v) is 3.23. The molecule has 2 nitrogen and oxygen atoms in total. The number of unbranched alkanes of at least 4 members (excludes halogenated alkanes) is 2. The molecule has 0 aromatic heterocycles. The molecule has 1 aromatic carbocycles. The van der Waals surface area contributed by atoms with Crippen LogP contribution < -0.4 is 4.74 Å². The fraction of sp³-hybridized carbons (Fsp3) is 0.562. The standard InChI is InChI=1S/C16H22ClFO2/c1-3-9-20-15-11-14(17)10-13(16(15)18)8-6-4-5-7-12(2)19/h10-11H,3-9H2,1-2H3. The molecule has 0 aliphatic carbocycles. The van der Waals surface area contributed by atoms with Crippen molar-refractivity contribution >= 4 is 17.4 Å². The molecule has 0 saturated heterocycles. The van der Waals surface area contributed by atoms with Gasteiger partial charge in [0.2, 0.25) is 0 Å². The lowest BCUT2D eigenvalue weighted by molar-refractivity contribution is -0.117. The summed E-state index contributed by atoms with van der Waals surface area (Å²) < 4.78 is 19.5. The second-order valence-corrected chi connectivity index (χ2v) is 5.42. The third-order valence-electron chi connectivity index (χ3n) is 3.02. The second kappa shape index (κ2) is 8.96. The van der Waals surface area contributed by atoms with Crippen LogP contribution in [-0.2, 0) is 11.2 Å². The quantitative estimate of drug-likeness (QED) is 0.603. The summed E-state index contributed by atoms with van der Waals surface area (Å²) in [5.74, 6) is 0.127. The lowest BCUT2D eigenvalue weighted by Gasteiger charge is -2.10. The van der Waals surface area contributed by atoms with Crippen molar-refractivity contribution < 1.29 is 13.9 Å². The van der Waals surface area contributed by atoms with Crippen LogP contribution in [0.3, 0.4) is 0 Å². The van der Waals surface area contributed by atoms with Crippen molar-refractivity contribution in [3.05, 3.63) is 28.5 Å². The molecule has 0 bridgehead atoms. The zero-order valence-electron chi connectivity index (χ0n) is 12.2. The van der Waals surface area contributed by atoms with E-state index in [-0.39, 0.29) is 17.3 Å². The van der Waals surface area contributed by atoms with Crippen molar-refractivity contribution in [1.29, 1.82) is 0 Å². The fourth-order valence-corrected chi connectivity index (χ4v) is 2.21. The van der Waals surface area contributed by atoms with Gasteiger partial charge in [0.25, 0.3) is 0 Å². The van der Waals surface area contributed by atoms with Gasteiger partial charge < -0.3 is 9.53 Å². The molecule has 112 valence electrons. The van der Waals surface area contributed by atoms with Crippen molar-refractivity contribution in [3.63, 3.8) is 0 Å². The van der Waals surface area contributed by atoms with Crippen LogP contribution in [0.15, 0.2) is 12.1 Å². The van der Waals surface area contributed by atoms with Crippen molar-refractivity contribution in [3.8, 4) is 5.75 Å². The van der Waals surface area contributed by atoms with Crippen LogP contribution in [0.4, 0.5) is 4.39 Å². The molecule has 1 rings (SSSR count). The van der Waals surface area contributed by atoms with Gasteiger partial charge in [-0.15, -0.1) is 0 Å². The Hall–Kier alpha value is -1.09. The van der Waals surface area contributed by atoms with E-state index in [1.807, 2.05) is 6.92 Å². The van der Waals surface area contributed by atoms with Crippen molar-refractivity contribution in [2.45, 2.75) is 52.4 Å². The highest BCUT2D eigenvalue weighted by molar-refractivity contribution is 6.30. The fourth-order valence-electron chi connectivity index (χ4n) is 1.98. The van der Waals surface area contributed by atoms with Crippen LogP contribution in [0.1, 0.15) is 51.5 Å². The number of rotatable bonds is 9. The summed E-state index contributed by atoms with van der Waals surface area (Å²) >= 11 is 5.99. The normalized spacial score (nSPS) is 10.6. The van der Waals surface area contributed by atoms with Crippen molar-refractivity contribution in [2.24, 2.45) is 0 Å². The number of benzene rings is 1. The predicted molar refractivity (Wildman–Crippen MR) is 80.0 cm³/mol. The Labute approximate surface area is 125 Å². The molecular weight excluding hydrogens is 279 g/mol. The highest BCUT2D eigenvalue weighted by atomic mass is 35.5. The van der Waals surface area contributed by atoms with Gasteiger partial charge in [-0.25, -0.2) is 4.39 Å². The summed E-state index contributed by atoms with van der Waals surface area (Å²) in [5, 5.41) is 0.497. The molecule has 20 heavy (non-hydrogen) atoms. The molecule has 0 radical (unpaired) electrons. The summed E-state index contributed by atoms with van der Waals surface area (Å²) in [6.07, 6.45) is 4.66. The van der Waals surface area contributed by atoms with Gasteiger partial charge in [-0.1, -0.05) is 24.9 Å². The molecule has 4 heteroatoms. The second-order valence-electron chi connectivity index (χ2n) is 4.99. The van der Waals surface area contributed by atoms with Crippen molar-refractivity contribution in [2.75, 3.05) is 6.61 Å². The molecular formula is C16H22ClFO2. The largest absolute Gasteiger partial charge is 0.490 e. The van der Waals surface area contributed by atoms with Gasteiger partial charge >= 0.3 is 0 Å². The number of carbonyl (C=O) groups excluding carboxylic acids is 1. The summed E-state index contributed by atoms with van der Waals surface area (Å²) in [7, 11) is 0. The lowest BCUT2D eigenvalue weighted by atomic mass is 10.0. The molecule has 0 aliphatic heterocycles. The van der Waals surface area contributed by atoms with Crippen LogP contribution >= 0.6 is 11.6 Å². The Bertz CT molecular complexity index is 446. The van der Waals surface area contributed by atoms with Crippen LogP contribution in [0, 0.1) is 5.82 Å². The van der Waals surface area contributed by atoms with Gasteiger partial charge in [0.1, 0.15) is 5.78 Å². The van der Waals surface area contributed by atoms with Gasteiger partial charge in [0.15, 0.2) is 11.6 Å². The van der Waals surface area contributed by atoms with E-state index in [9.17, 15) is 9.18 Å². The monoisotopic (exact) mass is 300 g/mol. The van der Waals surface area contributed by atoms with Crippen LogP contribution in [0.5, 0.6) is 5.75 Å². The molecule has 0 atom stereocenters. The van der Waals surface area contributed by atoms with Gasteiger partial charge in [-0.05, 0) is 44.2 Å². The molecule has 0 amide bonds. The first kappa shape index (κ1) is 17.0. The maximum Gasteiger partial charge on any atom is 0.168 e. The number of Topliss-reactive ketones (excluding diaryl/α,β-unsaturated/α-hetero) is 1.